The average molecular weight is 165 g/mol. The van der Waals surface area contributed by atoms with Gasteiger partial charge in [0.25, 0.3) is 0 Å². The zero-order valence-corrected chi connectivity index (χ0v) is 7.10. The maximum absolute atomic E-state index is 10.2. The summed E-state index contributed by atoms with van der Waals surface area (Å²) in [4.78, 5) is 0. The predicted molar refractivity (Wildman–Crippen MR) is 42.7 cm³/mol. The molecule has 0 heterocycles. The van der Waals surface area contributed by atoms with E-state index in [0.717, 1.165) is 19.3 Å². The lowest BCUT2D eigenvalue weighted by Gasteiger charge is -2.13. The molecule has 2 N–H and O–H groups in total. The number of alkyl halides is 1. The Balaban J connectivity index is 3.31. The molecule has 0 saturated heterocycles. The molecule has 1 radical (unpaired) electrons. The minimum atomic E-state index is -0.367. The van der Waals surface area contributed by atoms with Gasteiger partial charge in [-0.3, -0.25) is 0 Å². The highest BCUT2D eigenvalue weighted by molar-refractivity contribution is 6.21. The van der Waals surface area contributed by atoms with Crippen LogP contribution in [0.4, 0.5) is 0 Å². The van der Waals surface area contributed by atoms with Gasteiger partial charge in [-0.15, -0.1) is 11.6 Å². The van der Waals surface area contributed by atoms with Crippen molar-refractivity contribution >= 4 is 11.6 Å². The molecule has 0 spiro atoms. The van der Waals surface area contributed by atoms with Crippen LogP contribution in [0.15, 0.2) is 0 Å². The molecule has 0 aromatic heterocycles. The lowest BCUT2D eigenvalue weighted by atomic mass is 10.1. The molecule has 2 nitrogen and oxygen atoms in total. The van der Waals surface area contributed by atoms with Crippen LogP contribution in [0.2, 0.25) is 0 Å². The van der Waals surface area contributed by atoms with Crippen molar-refractivity contribution in [1.82, 2.24) is 0 Å². The normalized spacial score (nSPS) is 16.8. The summed E-state index contributed by atoms with van der Waals surface area (Å²) in [6, 6.07) is -0.367. The van der Waals surface area contributed by atoms with Crippen LogP contribution in [-0.4, -0.2) is 18.0 Å². The van der Waals surface area contributed by atoms with E-state index in [4.69, 9.17) is 17.3 Å². The van der Waals surface area contributed by atoms with E-state index in [1.807, 2.05) is 0 Å². The van der Waals surface area contributed by atoms with Crippen LogP contribution in [-0.2, 0) is 5.11 Å². The average Bonchev–Trinajstić information content (AvgIpc) is 1.98. The summed E-state index contributed by atoms with van der Waals surface area (Å²) in [5, 5.41) is 10.1. The van der Waals surface area contributed by atoms with Crippen LogP contribution >= 0.6 is 11.6 Å². The molecular weight excluding hydrogens is 150 g/mol. The van der Waals surface area contributed by atoms with Crippen molar-refractivity contribution in [2.45, 2.75) is 37.6 Å². The fourth-order valence-corrected chi connectivity index (χ4v) is 0.945. The lowest BCUT2D eigenvalue weighted by Crippen LogP contribution is -2.33. The first-order chi connectivity index (χ1) is 4.72. The summed E-state index contributed by atoms with van der Waals surface area (Å²) in [5.41, 5.74) is 5.41. The first-order valence-corrected chi connectivity index (χ1v) is 4.13. The van der Waals surface area contributed by atoms with E-state index in [0.29, 0.717) is 0 Å². The summed E-state index contributed by atoms with van der Waals surface area (Å²) >= 11 is 5.79. The Labute approximate surface area is 67.4 Å². The van der Waals surface area contributed by atoms with Crippen molar-refractivity contribution in [3.63, 3.8) is 0 Å². The van der Waals surface area contributed by atoms with Gasteiger partial charge < -0.3 is 5.73 Å². The van der Waals surface area contributed by atoms with E-state index < -0.39 is 0 Å². The van der Waals surface area contributed by atoms with Gasteiger partial charge in [-0.1, -0.05) is 19.8 Å². The van der Waals surface area contributed by atoms with Crippen molar-refractivity contribution in [2.75, 3.05) is 6.61 Å². The molecule has 2 unspecified atom stereocenters. The topological polar surface area (TPSA) is 45.9 Å². The first kappa shape index (κ1) is 10.2. The number of halogens is 1. The predicted octanol–water partition coefficient (Wildman–Crippen LogP) is 1.54. The molecule has 61 valence electrons. The minimum absolute atomic E-state index is 0.127. The zero-order valence-electron chi connectivity index (χ0n) is 6.35. The zero-order chi connectivity index (χ0) is 7.98. The highest BCUT2D eigenvalue weighted by atomic mass is 35.5. The second-order valence-electron chi connectivity index (χ2n) is 2.49. The highest BCUT2D eigenvalue weighted by Crippen LogP contribution is 2.09. The number of rotatable bonds is 5. The number of nitrogens with two attached hydrogens (primary N) is 1. The third kappa shape index (κ3) is 4.09. The third-order valence-electron chi connectivity index (χ3n) is 1.49. The summed E-state index contributed by atoms with van der Waals surface area (Å²) in [5.74, 6) is 0. The van der Waals surface area contributed by atoms with E-state index in [2.05, 4.69) is 6.92 Å². The number of unbranched alkanes of at least 4 members (excludes halogenated alkanes) is 1. The van der Waals surface area contributed by atoms with Gasteiger partial charge in [0.1, 0.15) is 0 Å². The van der Waals surface area contributed by atoms with Crippen molar-refractivity contribution in [2.24, 2.45) is 5.73 Å². The molecular formula is C7H15ClNO. The molecule has 0 fully saturated rings. The van der Waals surface area contributed by atoms with Crippen molar-refractivity contribution in [3.8, 4) is 0 Å². The summed E-state index contributed by atoms with van der Waals surface area (Å²) in [6.45, 7) is 1.82. The van der Waals surface area contributed by atoms with Crippen LogP contribution in [0.3, 0.4) is 0 Å². The highest BCUT2D eigenvalue weighted by Gasteiger charge is 2.12. The molecule has 0 saturated carbocycles. The Morgan fingerprint density at radius 1 is 1.60 bits per heavy atom. The van der Waals surface area contributed by atoms with Crippen LogP contribution in [0.1, 0.15) is 26.2 Å². The fraction of sp³-hybridized carbons (Fsp3) is 1.00. The summed E-state index contributed by atoms with van der Waals surface area (Å²) < 4.78 is 0. The number of hydrogen-bond donors (Lipinski definition) is 1. The molecule has 0 amide bonds. The summed E-state index contributed by atoms with van der Waals surface area (Å²) in [6.07, 6.45) is 3.03. The molecule has 0 aromatic rings. The van der Waals surface area contributed by atoms with E-state index in [-0.39, 0.29) is 18.0 Å². The van der Waals surface area contributed by atoms with E-state index in [9.17, 15) is 5.11 Å². The van der Waals surface area contributed by atoms with Crippen LogP contribution in [0.25, 0.3) is 0 Å². The molecule has 0 aliphatic rings. The van der Waals surface area contributed by atoms with Gasteiger partial charge >= 0.3 is 0 Å². The fourth-order valence-electron chi connectivity index (χ4n) is 0.718. The monoisotopic (exact) mass is 164 g/mol. The van der Waals surface area contributed by atoms with Gasteiger partial charge in [0.15, 0.2) is 0 Å². The standard InChI is InChI=1S/C7H15ClNO/c1-2-3-4-6(8)7(9)5-10/h6-7H,2-5,9H2,1H3. The summed E-state index contributed by atoms with van der Waals surface area (Å²) in [7, 11) is 0. The Bertz CT molecular complexity index is 80.0. The molecule has 0 aliphatic carbocycles. The van der Waals surface area contributed by atoms with Gasteiger partial charge in [-0.05, 0) is 6.42 Å². The van der Waals surface area contributed by atoms with Crippen LogP contribution in [0.5, 0.6) is 0 Å². The van der Waals surface area contributed by atoms with Crippen molar-refractivity contribution in [1.29, 1.82) is 0 Å². The van der Waals surface area contributed by atoms with Crippen LogP contribution in [0, 0.1) is 0 Å². The van der Waals surface area contributed by atoms with Crippen molar-refractivity contribution in [3.05, 3.63) is 0 Å². The van der Waals surface area contributed by atoms with Gasteiger partial charge in [0.05, 0.1) is 12.0 Å². The van der Waals surface area contributed by atoms with Gasteiger partial charge in [-0.2, -0.15) is 0 Å². The molecule has 0 rings (SSSR count). The molecule has 10 heavy (non-hydrogen) atoms. The third-order valence-corrected chi connectivity index (χ3v) is 2.03. The largest absolute Gasteiger partial charge is 0.324 e. The Kier molecular flexibility index (Phi) is 6.08. The van der Waals surface area contributed by atoms with Gasteiger partial charge in [-0.25, -0.2) is 5.11 Å². The maximum Gasteiger partial charge on any atom is 0.0987 e. The maximum atomic E-state index is 10.2. The van der Waals surface area contributed by atoms with Crippen molar-refractivity contribution < 1.29 is 5.11 Å². The molecule has 2 atom stereocenters. The molecule has 0 aliphatic heterocycles. The van der Waals surface area contributed by atoms with E-state index in [1.165, 1.54) is 0 Å². The quantitative estimate of drug-likeness (QED) is 0.616. The van der Waals surface area contributed by atoms with E-state index >= 15 is 0 Å². The van der Waals surface area contributed by atoms with Gasteiger partial charge in [0, 0.05) is 6.04 Å². The Morgan fingerprint density at radius 3 is 2.60 bits per heavy atom. The Morgan fingerprint density at radius 2 is 2.20 bits per heavy atom. The molecule has 0 aromatic carbocycles. The minimum Gasteiger partial charge on any atom is -0.324 e. The first-order valence-electron chi connectivity index (χ1n) is 3.70. The molecule has 3 heteroatoms. The van der Waals surface area contributed by atoms with Crippen LogP contribution < -0.4 is 5.73 Å². The molecule has 0 bridgehead atoms. The lowest BCUT2D eigenvalue weighted by molar-refractivity contribution is 0.169. The van der Waals surface area contributed by atoms with Gasteiger partial charge in [0.2, 0.25) is 0 Å². The smallest absolute Gasteiger partial charge is 0.0987 e. The second-order valence-corrected chi connectivity index (χ2v) is 3.05. The SMILES string of the molecule is CCCCC(Cl)C(N)C[O]. The van der Waals surface area contributed by atoms with E-state index in [1.54, 1.807) is 0 Å². The Hall–Kier alpha value is 0.210. The second kappa shape index (κ2) is 5.96. The number of hydrogen-bond acceptors (Lipinski definition) is 1.